The first-order valence-electron chi connectivity index (χ1n) is 9.03. The van der Waals surface area contributed by atoms with Gasteiger partial charge in [0.05, 0.1) is 0 Å². The van der Waals surface area contributed by atoms with Crippen LogP contribution in [0, 0.1) is 17.8 Å². The van der Waals surface area contributed by atoms with Crippen LogP contribution in [0.3, 0.4) is 0 Å². The van der Waals surface area contributed by atoms with E-state index >= 15 is 0 Å². The van der Waals surface area contributed by atoms with Crippen molar-refractivity contribution in [3.05, 3.63) is 0 Å². The van der Waals surface area contributed by atoms with Gasteiger partial charge in [-0.1, -0.05) is 41.5 Å². The Hall–Kier alpha value is 0.314. The summed E-state index contributed by atoms with van der Waals surface area (Å²) < 4.78 is 12.7. The molecule has 0 saturated heterocycles. The van der Waals surface area contributed by atoms with E-state index < -0.39 is 16.6 Å². The maximum Gasteiger partial charge on any atom is 0.191 e. The lowest BCUT2D eigenvalue weighted by atomic mass is 10.2. The van der Waals surface area contributed by atoms with Crippen molar-refractivity contribution >= 4 is 16.6 Å². The minimum atomic E-state index is -1.70. The standard InChI is InChI=1S/C18H40O3Si2/c1-17(2,3)22(7,8)20-12-15-14(11-19)16(15)13-21-23(9,10)18(4,5)6/h14-16,19H,11-13H2,1-10H3/t15-,16-/m0/s1. The summed E-state index contributed by atoms with van der Waals surface area (Å²) in [5, 5.41) is 10.1. The third kappa shape index (κ3) is 5.14. The highest BCUT2D eigenvalue weighted by Crippen LogP contribution is 2.49. The van der Waals surface area contributed by atoms with Crippen molar-refractivity contribution in [2.75, 3.05) is 19.8 Å². The van der Waals surface area contributed by atoms with Gasteiger partial charge in [0.25, 0.3) is 0 Å². The highest BCUT2D eigenvalue weighted by molar-refractivity contribution is 6.74. The van der Waals surface area contributed by atoms with Crippen LogP contribution < -0.4 is 0 Å². The van der Waals surface area contributed by atoms with Crippen molar-refractivity contribution in [3.63, 3.8) is 0 Å². The van der Waals surface area contributed by atoms with Gasteiger partial charge in [0, 0.05) is 19.8 Å². The average Bonchev–Trinajstić information content (AvgIpc) is 3.03. The molecule has 1 aliphatic carbocycles. The normalized spacial score (nSPS) is 26.5. The zero-order chi connectivity index (χ0) is 18.3. The second-order valence-electron chi connectivity index (χ2n) is 10.3. The molecule has 138 valence electrons. The second-order valence-corrected chi connectivity index (χ2v) is 19.9. The number of aliphatic hydroxyl groups is 1. The summed E-state index contributed by atoms with van der Waals surface area (Å²) in [5.74, 6) is 1.31. The summed E-state index contributed by atoms with van der Waals surface area (Å²) in [4.78, 5) is 0. The van der Waals surface area contributed by atoms with E-state index in [-0.39, 0.29) is 16.7 Å². The predicted octanol–water partition coefficient (Wildman–Crippen LogP) is 4.88. The SMILES string of the molecule is CC(C)(C)[Si](C)(C)OC[C@H]1C(CO)[C@@H]1CO[Si](C)(C)C(C)(C)C. The van der Waals surface area contributed by atoms with E-state index in [2.05, 4.69) is 67.7 Å². The molecule has 1 N–H and O–H groups in total. The van der Waals surface area contributed by atoms with Crippen LogP contribution in [0.1, 0.15) is 41.5 Å². The van der Waals surface area contributed by atoms with Crippen molar-refractivity contribution in [3.8, 4) is 0 Å². The van der Waals surface area contributed by atoms with Crippen LogP contribution in [0.5, 0.6) is 0 Å². The molecular weight excluding hydrogens is 320 g/mol. The molecule has 1 fully saturated rings. The van der Waals surface area contributed by atoms with Gasteiger partial charge in [0.2, 0.25) is 0 Å². The molecule has 0 spiro atoms. The molecule has 0 aromatic carbocycles. The van der Waals surface area contributed by atoms with Gasteiger partial charge in [-0.25, -0.2) is 0 Å². The van der Waals surface area contributed by atoms with E-state index in [0.717, 1.165) is 13.2 Å². The van der Waals surface area contributed by atoms with Gasteiger partial charge < -0.3 is 14.0 Å². The molecule has 0 aromatic heterocycles. The summed E-state index contributed by atoms with van der Waals surface area (Å²) >= 11 is 0. The van der Waals surface area contributed by atoms with E-state index in [1.54, 1.807) is 0 Å². The van der Waals surface area contributed by atoms with Crippen molar-refractivity contribution < 1.29 is 14.0 Å². The third-order valence-electron chi connectivity index (χ3n) is 6.61. The minimum absolute atomic E-state index is 0.240. The summed E-state index contributed by atoms with van der Waals surface area (Å²) in [6.45, 7) is 24.6. The Morgan fingerprint density at radius 1 is 0.696 bits per heavy atom. The zero-order valence-corrected chi connectivity index (χ0v) is 19.1. The monoisotopic (exact) mass is 360 g/mol. The molecule has 2 atom stereocenters. The molecule has 0 bridgehead atoms. The van der Waals surface area contributed by atoms with Crippen LogP contribution in [0.25, 0.3) is 0 Å². The van der Waals surface area contributed by atoms with E-state index in [9.17, 15) is 5.11 Å². The molecule has 23 heavy (non-hydrogen) atoms. The maximum atomic E-state index is 9.64. The fraction of sp³-hybridized carbons (Fsp3) is 1.00. The van der Waals surface area contributed by atoms with E-state index in [1.165, 1.54) is 0 Å². The van der Waals surface area contributed by atoms with Crippen molar-refractivity contribution in [2.45, 2.75) is 77.8 Å². The highest BCUT2D eigenvalue weighted by Gasteiger charge is 2.52. The summed E-state index contributed by atoms with van der Waals surface area (Å²) in [7, 11) is -3.41. The molecule has 3 nitrogen and oxygen atoms in total. The molecule has 0 radical (unpaired) electrons. The second kappa shape index (κ2) is 6.91. The highest BCUT2D eigenvalue weighted by atomic mass is 28.4. The Labute approximate surface area is 146 Å². The Bertz CT molecular complexity index is 358. The molecule has 1 aliphatic rings. The molecule has 0 unspecified atom stereocenters. The van der Waals surface area contributed by atoms with Gasteiger partial charge >= 0.3 is 0 Å². The molecular formula is C18H40O3Si2. The van der Waals surface area contributed by atoms with E-state index in [4.69, 9.17) is 8.85 Å². The average molecular weight is 361 g/mol. The Morgan fingerprint density at radius 2 is 1.00 bits per heavy atom. The fourth-order valence-corrected chi connectivity index (χ4v) is 4.42. The van der Waals surface area contributed by atoms with Gasteiger partial charge in [0.15, 0.2) is 16.6 Å². The number of rotatable bonds is 7. The lowest BCUT2D eigenvalue weighted by molar-refractivity contribution is 0.232. The van der Waals surface area contributed by atoms with Crippen molar-refractivity contribution in [2.24, 2.45) is 17.8 Å². The van der Waals surface area contributed by atoms with Crippen molar-refractivity contribution in [1.82, 2.24) is 0 Å². The van der Waals surface area contributed by atoms with Crippen LogP contribution in [0.15, 0.2) is 0 Å². The molecule has 0 aromatic rings. The molecule has 1 saturated carbocycles. The fourth-order valence-electron chi connectivity index (χ4n) is 2.33. The lowest BCUT2D eigenvalue weighted by Crippen LogP contribution is -2.42. The molecule has 1 rings (SSSR count). The van der Waals surface area contributed by atoms with Crippen LogP contribution in [-0.2, 0) is 8.85 Å². The summed E-state index contributed by atoms with van der Waals surface area (Å²) in [6, 6.07) is 0. The summed E-state index contributed by atoms with van der Waals surface area (Å²) in [6.07, 6.45) is 0. The first kappa shape index (κ1) is 21.4. The van der Waals surface area contributed by atoms with Crippen LogP contribution >= 0.6 is 0 Å². The predicted molar refractivity (Wildman–Crippen MR) is 104 cm³/mol. The molecule has 0 heterocycles. The molecule has 0 amide bonds. The third-order valence-corrected chi connectivity index (χ3v) is 15.6. The van der Waals surface area contributed by atoms with Crippen LogP contribution in [0.2, 0.25) is 36.3 Å². The largest absolute Gasteiger partial charge is 0.417 e. The van der Waals surface area contributed by atoms with Crippen LogP contribution in [-0.4, -0.2) is 41.6 Å². The Morgan fingerprint density at radius 3 is 1.22 bits per heavy atom. The Kier molecular flexibility index (Phi) is 6.41. The van der Waals surface area contributed by atoms with E-state index in [0.29, 0.717) is 17.8 Å². The van der Waals surface area contributed by atoms with Gasteiger partial charge in [0.1, 0.15) is 0 Å². The quantitative estimate of drug-likeness (QED) is 0.657. The Balaban J connectivity index is 2.54. The molecule has 0 aliphatic heterocycles. The topological polar surface area (TPSA) is 38.7 Å². The zero-order valence-electron chi connectivity index (χ0n) is 17.1. The summed E-state index contributed by atoms with van der Waals surface area (Å²) in [5.41, 5.74) is 0. The van der Waals surface area contributed by atoms with Gasteiger partial charge in [-0.3, -0.25) is 0 Å². The van der Waals surface area contributed by atoms with Gasteiger partial charge in [-0.2, -0.15) is 0 Å². The maximum absolute atomic E-state index is 9.64. The van der Waals surface area contributed by atoms with Crippen molar-refractivity contribution in [1.29, 1.82) is 0 Å². The van der Waals surface area contributed by atoms with Gasteiger partial charge in [-0.05, 0) is 54.0 Å². The number of hydrogen-bond donors (Lipinski definition) is 1. The van der Waals surface area contributed by atoms with Crippen LogP contribution in [0.4, 0.5) is 0 Å². The number of aliphatic hydroxyl groups excluding tert-OH is 1. The molecule has 5 heteroatoms. The minimum Gasteiger partial charge on any atom is -0.417 e. The smallest absolute Gasteiger partial charge is 0.191 e. The first-order chi connectivity index (χ1) is 10.1. The number of hydrogen-bond acceptors (Lipinski definition) is 3. The first-order valence-corrected chi connectivity index (χ1v) is 14.8. The van der Waals surface area contributed by atoms with Gasteiger partial charge in [-0.15, -0.1) is 0 Å². The lowest BCUT2D eigenvalue weighted by Gasteiger charge is -2.37. The van der Waals surface area contributed by atoms with E-state index in [1.807, 2.05) is 0 Å².